The predicted molar refractivity (Wildman–Crippen MR) is 2.06 cm³/mol. The summed E-state index contributed by atoms with van der Waals surface area (Å²) in [5.41, 5.74) is 0. The van der Waals surface area contributed by atoms with Crippen LogP contribution in [0.3, 0.4) is 0 Å². The van der Waals surface area contributed by atoms with Crippen molar-refractivity contribution in [1.29, 1.82) is 0 Å². The van der Waals surface area contributed by atoms with Crippen LogP contribution in [0.15, 0.2) is 0 Å². The monoisotopic (exact) mass is 296 g/mol. The summed E-state index contributed by atoms with van der Waals surface area (Å²) in [5.74, 6) is 0. The van der Waals surface area contributed by atoms with Crippen LogP contribution < -0.4 is 0 Å². The summed E-state index contributed by atoms with van der Waals surface area (Å²) in [6.45, 7) is 0. The maximum absolute atomic E-state index is 0. The van der Waals surface area contributed by atoms with Gasteiger partial charge in [-0.2, -0.15) is 0 Å². The van der Waals surface area contributed by atoms with E-state index in [-0.39, 0.29) is 76.3 Å². The molecule has 0 N–H and O–H groups in total. The maximum Gasteiger partial charge on any atom is 3.00 e. The zero-order chi connectivity index (χ0) is 0. The topological polar surface area (TPSA) is 85.5 Å². The van der Waals surface area contributed by atoms with Gasteiger partial charge in [0.15, 0.2) is 0 Å². The molecule has 0 saturated heterocycles. The van der Waals surface area contributed by atoms with E-state index in [0.29, 0.717) is 0 Å². The first-order valence-electron chi connectivity index (χ1n) is 0. The van der Waals surface area contributed by atoms with E-state index >= 15 is 0 Å². The third kappa shape index (κ3) is 25.4. The van der Waals surface area contributed by atoms with Crippen LogP contribution in [0.4, 0.5) is 0 Å². The molecule has 0 atom stereocenters. The predicted octanol–water partition coefficient (Wildman–Crippen LogP) is -0.359. The van der Waals surface area contributed by atoms with Gasteiger partial charge in [-0.3, -0.25) is 0 Å². The van der Waals surface area contributed by atoms with Gasteiger partial charge in [0, 0.05) is 40.4 Å². The fourth-order valence-corrected chi connectivity index (χ4v) is 0. The average molecular weight is 296 g/mol. The minimum atomic E-state index is 0. The summed E-state index contributed by atoms with van der Waals surface area (Å²) in [6.07, 6.45) is 0. The van der Waals surface area contributed by atoms with Crippen LogP contribution in [0.5, 0.6) is 0 Å². The Bertz CT molecular complexity index is 6.85. The Balaban J connectivity index is 0. The van der Waals surface area contributed by atoms with Gasteiger partial charge >= 0.3 is 19.5 Å². The summed E-state index contributed by atoms with van der Waals surface area (Å²) in [7, 11) is 0. The van der Waals surface area contributed by atoms with E-state index in [4.69, 9.17) is 0 Å². The zero-order valence-corrected chi connectivity index (χ0v) is 6.51. The fraction of sp³-hybridized carbons (Fsp3) is 0. The quantitative estimate of drug-likeness (QED) is 0.547. The summed E-state index contributed by atoms with van der Waals surface area (Å²) in [6, 6.07) is 0. The van der Waals surface area contributed by atoms with Gasteiger partial charge < -0.3 is 16.4 Å². The first kappa shape index (κ1) is 68.9. The molecule has 0 aromatic rings. The van der Waals surface area contributed by atoms with Gasteiger partial charge in [0.1, 0.15) is 0 Å². The van der Waals surface area contributed by atoms with E-state index in [2.05, 4.69) is 0 Å². The number of hydrogen-bond donors (Lipinski definition) is 0. The maximum atomic E-state index is 0. The van der Waals surface area contributed by atoms with Gasteiger partial charge in [-0.05, 0) is 0 Å². The molecule has 5 heteroatoms. The molecule has 0 saturated carbocycles. The molecule has 0 heterocycles. The molecule has 0 amide bonds. The standard InChI is InChI=1S/3O.Pm.Rh/q3*-2;;+3. The summed E-state index contributed by atoms with van der Waals surface area (Å²) >= 11 is 0. The Labute approximate surface area is 75.3 Å². The van der Waals surface area contributed by atoms with Gasteiger partial charge in [0.25, 0.3) is 0 Å². The molecule has 5 heavy (non-hydrogen) atoms. The van der Waals surface area contributed by atoms with Crippen LogP contribution >= 0.6 is 0 Å². The van der Waals surface area contributed by atoms with Gasteiger partial charge in [-0.25, -0.2) is 0 Å². The molecule has 0 fully saturated rings. The fourth-order valence-electron chi connectivity index (χ4n) is 0. The van der Waals surface area contributed by atoms with Crippen molar-refractivity contribution < 1.29 is 76.3 Å². The summed E-state index contributed by atoms with van der Waals surface area (Å²) < 4.78 is 0. The largest absolute Gasteiger partial charge is 3.00 e. The minimum Gasteiger partial charge on any atom is -2.00 e. The molecule has 0 spiro atoms. The molecular weight excluding hydrogens is 296 g/mol. The van der Waals surface area contributed by atoms with Crippen molar-refractivity contribution in [1.82, 2.24) is 0 Å². The van der Waals surface area contributed by atoms with Crippen molar-refractivity contribution in [3.05, 3.63) is 0 Å². The van der Waals surface area contributed by atoms with Crippen LogP contribution in [0.2, 0.25) is 0 Å². The molecule has 0 rings (SSSR count). The third-order valence-corrected chi connectivity index (χ3v) is 0. The van der Waals surface area contributed by atoms with Crippen molar-refractivity contribution in [3.63, 3.8) is 0 Å². The van der Waals surface area contributed by atoms with Crippen LogP contribution in [0, 0.1) is 40.4 Å². The second-order valence-corrected chi connectivity index (χ2v) is 0. The molecular formula is O3PmRh-3. The molecule has 0 bridgehead atoms. The first-order chi connectivity index (χ1) is 0. The summed E-state index contributed by atoms with van der Waals surface area (Å²) in [5, 5.41) is 0. The summed E-state index contributed by atoms with van der Waals surface area (Å²) in [4.78, 5) is 0. The van der Waals surface area contributed by atoms with E-state index in [1.807, 2.05) is 0 Å². The van der Waals surface area contributed by atoms with Crippen LogP contribution in [0.1, 0.15) is 0 Å². The Kier molecular flexibility index (Phi) is 556. The van der Waals surface area contributed by atoms with Gasteiger partial charge in [0.05, 0.1) is 0 Å². The molecule has 3 nitrogen and oxygen atoms in total. The minimum absolute atomic E-state index is 0. The molecule has 0 unspecified atom stereocenters. The van der Waals surface area contributed by atoms with Crippen molar-refractivity contribution in [2.75, 3.05) is 0 Å². The van der Waals surface area contributed by atoms with Gasteiger partial charge in [-0.1, -0.05) is 0 Å². The molecule has 0 aromatic heterocycles. The normalized spacial score (nSPS) is 0. The zero-order valence-electron chi connectivity index (χ0n) is 2.01. The van der Waals surface area contributed by atoms with Crippen molar-refractivity contribution in [2.24, 2.45) is 0 Å². The molecule has 0 aliphatic heterocycles. The molecule has 0 aliphatic rings. The van der Waals surface area contributed by atoms with Crippen molar-refractivity contribution in [3.8, 4) is 0 Å². The van der Waals surface area contributed by atoms with E-state index in [1.165, 1.54) is 0 Å². The van der Waals surface area contributed by atoms with Gasteiger partial charge in [-0.15, -0.1) is 0 Å². The van der Waals surface area contributed by atoms with Gasteiger partial charge in [0.2, 0.25) is 0 Å². The Morgan fingerprint density at radius 2 is 0.600 bits per heavy atom. The van der Waals surface area contributed by atoms with E-state index in [9.17, 15) is 0 Å². The van der Waals surface area contributed by atoms with Crippen LogP contribution in [-0.4, -0.2) is 0 Å². The molecule has 35 valence electrons. The Morgan fingerprint density at radius 3 is 0.600 bits per heavy atom. The SMILES string of the molecule is [O-2].[O-2].[O-2].[Pm].[Rh+3]. The van der Waals surface area contributed by atoms with E-state index in [0.717, 1.165) is 0 Å². The number of rotatable bonds is 0. The number of hydrogen-bond acceptors (Lipinski definition) is 0. The smallest absolute Gasteiger partial charge is 2.00 e. The van der Waals surface area contributed by atoms with Crippen molar-refractivity contribution in [2.45, 2.75) is 0 Å². The Hall–Kier alpha value is 1.84. The Morgan fingerprint density at radius 1 is 0.600 bits per heavy atom. The van der Waals surface area contributed by atoms with Crippen LogP contribution in [0.25, 0.3) is 0 Å². The van der Waals surface area contributed by atoms with Crippen molar-refractivity contribution >= 4 is 0 Å². The molecule has 0 aromatic carbocycles. The second kappa shape index (κ2) is 40.4. The van der Waals surface area contributed by atoms with Crippen LogP contribution in [-0.2, 0) is 35.9 Å². The van der Waals surface area contributed by atoms with E-state index < -0.39 is 0 Å². The third-order valence-electron chi connectivity index (χ3n) is 0. The van der Waals surface area contributed by atoms with E-state index in [1.54, 1.807) is 0 Å². The average Bonchev–Trinajstić information content (AvgIpc) is 0. The second-order valence-electron chi connectivity index (χ2n) is 0. The molecule has 0 aliphatic carbocycles. The first-order valence-corrected chi connectivity index (χ1v) is 0. The molecule has 1 radical (unpaired) electrons.